The van der Waals surface area contributed by atoms with E-state index in [0.29, 0.717) is 27.1 Å². The van der Waals surface area contributed by atoms with Crippen molar-refractivity contribution in [3.8, 4) is 0 Å². The van der Waals surface area contributed by atoms with Crippen LogP contribution >= 0.6 is 11.6 Å². The molecule has 0 unspecified atom stereocenters. The molecule has 3 rings (SSSR count). The zero-order valence-corrected chi connectivity index (χ0v) is 8.98. The van der Waals surface area contributed by atoms with Crippen LogP contribution in [0.4, 0.5) is 0 Å². The fourth-order valence-corrected chi connectivity index (χ4v) is 1.97. The zero-order valence-electron chi connectivity index (χ0n) is 8.22. The first-order valence-electron chi connectivity index (χ1n) is 4.84. The molecule has 0 saturated carbocycles. The van der Waals surface area contributed by atoms with E-state index in [4.69, 9.17) is 11.6 Å². The highest BCUT2D eigenvalue weighted by molar-refractivity contribution is 6.34. The molecule has 3 aromatic rings. The molecule has 0 aliphatic heterocycles. The van der Waals surface area contributed by atoms with Crippen molar-refractivity contribution >= 4 is 33.7 Å². The number of halogens is 1. The summed E-state index contributed by atoms with van der Waals surface area (Å²) in [4.78, 5) is 4.39. The van der Waals surface area contributed by atoms with Crippen molar-refractivity contribution in [3.05, 3.63) is 52.7 Å². The second-order valence-electron chi connectivity index (χ2n) is 3.50. The van der Waals surface area contributed by atoms with E-state index in [0.717, 1.165) is 4.73 Å². The predicted molar refractivity (Wildman–Crippen MR) is 63.2 cm³/mol. The quantitative estimate of drug-likeness (QED) is 0.338. The van der Waals surface area contributed by atoms with E-state index in [9.17, 15) is 5.21 Å². The number of rotatable bonds is 0. The Kier molecular flexibility index (Phi) is 1.94. The molecule has 0 atom stereocenters. The van der Waals surface area contributed by atoms with Crippen LogP contribution in [-0.2, 0) is 0 Å². The summed E-state index contributed by atoms with van der Waals surface area (Å²) in [6, 6.07) is 12.4. The Bertz CT molecular complexity index is 697. The first kappa shape index (κ1) is 9.36. The van der Waals surface area contributed by atoms with Crippen LogP contribution in [0.1, 0.15) is 0 Å². The van der Waals surface area contributed by atoms with Gasteiger partial charge in [0, 0.05) is 12.1 Å². The van der Waals surface area contributed by atoms with Crippen molar-refractivity contribution in [1.82, 2.24) is 4.98 Å². The van der Waals surface area contributed by atoms with Crippen molar-refractivity contribution < 1.29 is 4.73 Å². The van der Waals surface area contributed by atoms with Gasteiger partial charge in [-0.3, -0.25) is 0 Å². The Balaban J connectivity index is 2.61. The van der Waals surface area contributed by atoms with E-state index in [-0.39, 0.29) is 0 Å². The Hall–Kier alpha value is -1.87. The van der Waals surface area contributed by atoms with Crippen molar-refractivity contribution in [2.45, 2.75) is 0 Å². The van der Waals surface area contributed by atoms with Crippen molar-refractivity contribution in [1.29, 1.82) is 0 Å². The maximum Gasteiger partial charge on any atom is 0.244 e. The minimum Gasteiger partial charge on any atom is -0.618 e. The van der Waals surface area contributed by atoms with Gasteiger partial charge in [-0.15, -0.1) is 0 Å². The standard InChI is InChI=1S/C12H7ClN2O/c13-8-4-3-7-11-12(8)14-9-5-1-2-6-10(9)15(11)16/h1-7H. The third-order valence-electron chi connectivity index (χ3n) is 2.52. The molecular formula is C12H7ClN2O. The smallest absolute Gasteiger partial charge is 0.244 e. The number of nitrogens with zero attached hydrogens (tertiary/aromatic N) is 2. The molecule has 0 bridgehead atoms. The SMILES string of the molecule is [O-][n+]1c2ccccc2nc2c(Cl)cccc21. The van der Waals surface area contributed by atoms with Crippen molar-refractivity contribution in [3.63, 3.8) is 0 Å². The zero-order chi connectivity index (χ0) is 11.1. The van der Waals surface area contributed by atoms with Gasteiger partial charge in [0.15, 0.2) is 5.52 Å². The molecule has 1 aromatic heterocycles. The molecule has 0 amide bonds. The topological polar surface area (TPSA) is 39.8 Å². The molecule has 3 nitrogen and oxygen atoms in total. The number of para-hydroxylation sites is 3. The highest BCUT2D eigenvalue weighted by Gasteiger charge is 2.12. The van der Waals surface area contributed by atoms with Crippen LogP contribution in [0.3, 0.4) is 0 Å². The van der Waals surface area contributed by atoms with Crippen LogP contribution in [0.15, 0.2) is 42.5 Å². The van der Waals surface area contributed by atoms with Crippen LogP contribution in [0.25, 0.3) is 22.1 Å². The second kappa shape index (κ2) is 3.32. The molecule has 1 heterocycles. The number of fused-ring (bicyclic) bond motifs is 2. The third kappa shape index (κ3) is 1.22. The van der Waals surface area contributed by atoms with Crippen molar-refractivity contribution in [2.75, 3.05) is 0 Å². The molecule has 0 aliphatic carbocycles. The van der Waals surface area contributed by atoms with Crippen LogP contribution in [0, 0.1) is 5.21 Å². The summed E-state index contributed by atoms with van der Waals surface area (Å²) >= 11 is 6.01. The number of hydrogen-bond acceptors (Lipinski definition) is 2. The number of hydrogen-bond donors (Lipinski definition) is 0. The molecule has 0 fully saturated rings. The monoisotopic (exact) mass is 230 g/mol. The van der Waals surface area contributed by atoms with Gasteiger partial charge in [-0.2, -0.15) is 4.73 Å². The molecule has 0 N–H and O–H groups in total. The summed E-state index contributed by atoms with van der Waals surface area (Å²) in [6.07, 6.45) is 0. The fourth-order valence-electron chi connectivity index (χ4n) is 1.76. The third-order valence-corrected chi connectivity index (χ3v) is 2.82. The molecule has 0 saturated heterocycles. The summed E-state index contributed by atoms with van der Waals surface area (Å²) in [6.45, 7) is 0. The van der Waals surface area contributed by atoms with E-state index in [1.54, 1.807) is 30.3 Å². The second-order valence-corrected chi connectivity index (χ2v) is 3.91. The van der Waals surface area contributed by atoms with E-state index in [1.807, 2.05) is 12.1 Å². The molecule has 0 radical (unpaired) electrons. The largest absolute Gasteiger partial charge is 0.618 e. The molecule has 0 spiro atoms. The van der Waals surface area contributed by atoms with Gasteiger partial charge in [0.2, 0.25) is 11.0 Å². The minimum absolute atomic E-state index is 0.492. The van der Waals surface area contributed by atoms with Gasteiger partial charge in [0.1, 0.15) is 5.52 Å². The van der Waals surface area contributed by atoms with Crippen LogP contribution in [0.5, 0.6) is 0 Å². The molecule has 4 heteroatoms. The average Bonchev–Trinajstić information content (AvgIpc) is 2.31. The maximum absolute atomic E-state index is 12.1. The predicted octanol–water partition coefficient (Wildman–Crippen LogP) is 2.67. The Morgan fingerprint density at radius 1 is 1.00 bits per heavy atom. The van der Waals surface area contributed by atoms with Gasteiger partial charge < -0.3 is 5.21 Å². The molecule has 0 aliphatic rings. The summed E-state index contributed by atoms with van der Waals surface area (Å²) in [5.74, 6) is 0. The lowest BCUT2D eigenvalue weighted by Gasteiger charge is -2.05. The lowest BCUT2D eigenvalue weighted by atomic mass is 10.2. The number of aromatic nitrogens is 2. The lowest BCUT2D eigenvalue weighted by molar-refractivity contribution is -0.548. The Labute approximate surface area is 96.5 Å². The summed E-state index contributed by atoms with van der Waals surface area (Å²) in [5.41, 5.74) is 2.24. The maximum atomic E-state index is 12.1. The van der Waals surface area contributed by atoms with Gasteiger partial charge in [-0.1, -0.05) is 29.8 Å². The van der Waals surface area contributed by atoms with E-state index >= 15 is 0 Å². The molecule has 2 aromatic carbocycles. The first-order valence-corrected chi connectivity index (χ1v) is 5.22. The first-order chi connectivity index (χ1) is 7.77. The normalized spacial score (nSPS) is 11.1. The summed E-state index contributed by atoms with van der Waals surface area (Å²) < 4.78 is 0.865. The Morgan fingerprint density at radius 3 is 2.62 bits per heavy atom. The molecule has 16 heavy (non-hydrogen) atoms. The lowest BCUT2D eigenvalue weighted by Crippen LogP contribution is -2.28. The van der Waals surface area contributed by atoms with Crippen molar-refractivity contribution in [2.24, 2.45) is 0 Å². The van der Waals surface area contributed by atoms with Crippen LogP contribution in [0.2, 0.25) is 5.02 Å². The van der Waals surface area contributed by atoms with Gasteiger partial charge in [0.25, 0.3) is 0 Å². The van der Waals surface area contributed by atoms with Gasteiger partial charge in [0.05, 0.1) is 5.02 Å². The molecule has 78 valence electrons. The average molecular weight is 231 g/mol. The highest BCUT2D eigenvalue weighted by atomic mass is 35.5. The highest BCUT2D eigenvalue weighted by Crippen LogP contribution is 2.21. The fraction of sp³-hybridized carbons (Fsp3) is 0. The Morgan fingerprint density at radius 2 is 1.75 bits per heavy atom. The van der Waals surface area contributed by atoms with E-state index in [2.05, 4.69) is 4.98 Å². The minimum atomic E-state index is 0.492. The van der Waals surface area contributed by atoms with E-state index < -0.39 is 0 Å². The number of benzene rings is 2. The summed E-state index contributed by atoms with van der Waals surface area (Å²) in [5, 5.41) is 12.6. The summed E-state index contributed by atoms with van der Waals surface area (Å²) in [7, 11) is 0. The molecular weight excluding hydrogens is 224 g/mol. The van der Waals surface area contributed by atoms with Gasteiger partial charge in [-0.05, 0) is 12.1 Å². The van der Waals surface area contributed by atoms with Gasteiger partial charge in [-0.25, -0.2) is 4.98 Å². The van der Waals surface area contributed by atoms with Crippen LogP contribution < -0.4 is 4.73 Å². The van der Waals surface area contributed by atoms with E-state index in [1.165, 1.54) is 0 Å². The van der Waals surface area contributed by atoms with Crippen LogP contribution in [-0.4, -0.2) is 4.98 Å². The van der Waals surface area contributed by atoms with Gasteiger partial charge >= 0.3 is 0 Å².